The molecule has 10 heteroatoms. The summed E-state index contributed by atoms with van der Waals surface area (Å²) in [5.41, 5.74) is 6.78. The lowest BCUT2D eigenvalue weighted by Crippen LogP contribution is -2.53. The zero-order chi connectivity index (χ0) is 21.2. The Labute approximate surface area is 181 Å². The van der Waals surface area contributed by atoms with Crippen LogP contribution >= 0.6 is 15.9 Å². The summed E-state index contributed by atoms with van der Waals surface area (Å²) < 4.78 is 2.11. The maximum atomic E-state index is 13.4. The third-order valence-electron chi connectivity index (χ3n) is 6.03. The van der Waals surface area contributed by atoms with Crippen molar-refractivity contribution in [2.45, 2.75) is 44.8 Å². The number of aromatic hydroxyl groups is 1. The number of phenolic OH excluding ortho intramolecular Hbond substituents is 1. The molecule has 1 aromatic heterocycles. The first kappa shape index (κ1) is 19.1. The number of aliphatic imine (C=N–C) groups is 1. The molecule has 9 nitrogen and oxygen atoms in total. The van der Waals surface area contributed by atoms with Gasteiger partial charge in [-0.25, -0.2) is 9.98 Å². The Morgan fingerprint density at radius 3 is 2.87 bits per heavy atom. The molecule has 0 bridgehead atoms. The van der Waals surface area contributed by atoms with Gasteiger partial charge < -0.3 is 15.4 Å². The molecule has 156 valence electrons. The van der Waals surface area contributed by atoms with Gasteiger partial charge in [-0.3, -0.25) is 19.4 Å². The predicted molar refractivity (Wildman–Crippen MR) is 114 cm³/mol. The van der Waals surface area contributed by atoms with Crippen LogP contribution in [-0.2, 0) is 6.54 Å². The molecule has 1 aromatic carbocycles. The van der Waals surface area contributed by atoms with E-state index < -0.39 is 5.91 Å². The highest BCUT2D eigenvalue weighted by molar-refractivity contribution is 9.10. The van der Waals surface area contributed by atoms with Gasteiger partial charge in [0.15, 0.2) is 11.5 Å². The van der Waals surface area contributed by atoms with E-state index in [2.05, 4.69) is 20.9 Å². The Bertz CT molecular complexity index is 1110. The molecule has 1 aliphatic carbocycles. The van der Waals surface area contributed by atoms with E-state index in [1.165, 1.54) is 0 Å². The second kappa shape index (κ2) is 6.83. The molecule has 2 aromatic rings. The molecule has 3 heterocycles. The van der Waals surface area contributed by atoms with Crippen molar-refractivity contribution in [2.24, 2.45) is 10.7 Å². The fraction of sp³-hybridized carbons (Fsp3) is 0.400. The van der Waals surface area contributed by atoms with Crippen LogP contribution in [0, 0.1) is 0 Å². The van der Waals surface area contributed by atoms with Crippen molar-refractivity contribution in [3.8, 4) is 5.75 Å². The smallest absolute Gasteiger partial charge is 0.284 e. The van der Waals surface area contributed by atoms with Gasteiger partial charge in [0.25, 0.3) is 11.8 Å². The van der Waals surface area contributed by atoms with Gasteiger partial charge in [0.2, 0.25) is 11.8 Å². The SMILES string of the molecule is CCN1C(=O)c2c(nc(C(N)=O)n2Cc2ccc(O)c(Br)c2)N2C1=N[C@@H]1CCC[C@@H]12. The average molecular weight is 473 g/mol. The van der Waals surface area contributed by atoms with Crippen molar-refractivity contribution in [1.82, 2.24) is 14.5 Å². The summed E-state index contributed by atoms with van der Waals surface area (Å²) in [4.78, 5) is 38.7. The third-order valence-corrected chi connectivity index (χ3v) is 6.66. The number of imidazole rings is 1. The number of amides is 2. The lowest BCUT2D eigenvalue weighted by Gasteiger charge is -2.35. The highest BCUT2D eigenvalue weighted by Crippen LogP contribution is 2.41. The van der Waals surface area contributed by atoms with Gasteiger partial charge in [0, 0.05) is 6.54 Å². The maximum Gasteiger partial charge on any atom is 0.284 e. The molecular formula is C20H21BrN6O3. The third kappa shape index (κ3) is 2.66. The van der Waals surface area contributed by atoms with Gasteiger partial charge >= 0.3 is 0 Å². The predicted octanol–water partition coefficient (Wildman–Crippen LogP) is 2.07. The number of nitrogens with zero attached hydrogens (tertiary/aromatic N) is 5. The molecule has 5 rings (SSSR count). The standard InChI is InChI=1S/C20H21BrN6O3/c1-2-25-19(30)15-17(27-13-5-3-4-12(13)23-20(25)27)24-18(16(22)29)26(15)9-10-6-7-14(28)11(21)8-10/h6-8,12-13,28H,2-5,9H2,1H3,(H2,22,29)/t12-,13+/m1/s1. The van der Waals surface area contributed by atoms with Gasteiger partial charge in [0.1, 0.15) is 5.75 Å². The number of carbonyl (C=O) groups is 2. The van der Waals surface area contributed by atoms with Crippen LogP contribution in [-0.4, -0.2) is 56.0 Å². The molecule has 3 aliphatic rings. The normalized spacial score (nSPS) is 22.1. The molecule has 1 fully saturated rings. The van der Waals surface area contributed by atoms with E-state index in [0.29, 0.717) is 28.5 Å². The van der Waals surface area contributed by atoms with E-state index in [4.69, 9.17) is 10.7 Å². The van der Waals surface area contributed by atoms with Crippen LogP contribution in [0.2, 0.25) is 0 Å². The Morgan fingerprint density at radius 1 is 1.37 bits per heavy atom. The Hall–Kier alpha value is -2.88. The van der Waals surface area contributed by atoms with E-state index in [-0.39, 0.29) is 36.1 Å². The van der Waals surface area contributed by atoms with E-state index in [9.17, 15) is 14.7 Å². The lowest BCUT2D eigenvalue weighted by molar-refractivity contribution is 0.0835. The summed E-state index contributed by atoms with van der Waals surface area (Å²) in [5, 5.41) is 9.78. The first-order valence-corrected chi connectivity index (χ1v) is 10.8. The molecule has 2 atom stereocenters. The number of halogens is 1. The minimum atomic E-state index is -0.696. The Balaban J connectivity index is 1.67. The fourth-order valence-corrected chi connectivity index (χ4v) is 5.11. The van der Waals surface area contributed by atoms with Crippen LogP contribution in [0.3, 0.4) is 0 Å². The molecule has 2 aliphatic heterocycles. The number of nitrogens with two attached hydrogens (primary N) is 1. The molecule has 30 heavy (non-hydrogen) atoms. The summed E-state index contributed by atoms with van der Waals surface area (Å²) in [6.07, 6.45) is 3.02. The molecule has 2 amide bonds. The first-order valence-electron chi connectivity index (χ1n) is 9.97. The number of benzene rings is 1. The van der Waals surface area contributed by atoms with Crippen LogP contribution in [0.15, 0.2) is 27.7 Å². The number of hydrogen-bond donors (Lipinski definition) is 2. The molecule has 0 saturated heterocycles. The van der Waals surface area contributed by atoms with E-state index in [0.717, 1.165) is 24.8 Å². The number of carbonyl (C=O) groups excluding carboxylic acids is 2. The van der Waals surface area contributed by atoms with Gasteiger partial charge in [0.05, 0.1) is 23.1 Å². The van der Waals surface area contributed by atoms with E-state index in [1.54, 1.807) is 27.7 Å². The van der Waals surface area contributed by atoms with Gasteiger partial charge in [-0.2, -0.15) is 0 Å². The number of fused-ring (bicyclic) bond motifs is 5. The van der Waals surface area contributed by atoms with Crippen LogP contribution in [0.4, 0.5) is 5.82 Å². The van der Waals surface area contributed by atoms with Crippen LogP contribution in [0.5, 0.6) is 5.75 Å². The van der Waals surface area contributed by atoms with Crippen LogP contribution < -0.4 is 10.6 Å². The zero-order valence-corrected chi connectivity index (χ0v) is 18.0. The molecule has 1 saturated carbocycles. The summed E-state index contributed by atoms with van der Waals surface area (Å²) in [7, 11) is 0. The van der Waals surface area contributed by atoms with E-state index >= 15 is 0 Å². The van der Waals surface area contributed by atoms with Crippen molar-refractivity contribution in [2.75, 3.05) is 11.4 Å². The second-order valence-electron chi connectivity index (χ2n) is 7.76. The molecular weight excluding hydrogens is 452 g/mol. The number of hydrogen-bond acceptors (Lipinski definition) is 6. The topological polar surface area (TPSA) is 117 Å². The minimum absolute atomic E-state index is 0.0382. The largest absolute Gasteiger partial charge is 0.507 e. The van der Waals surface area contributed by atoms with Crippen molar-refractivity contribution >= 4 is 39.5 Å². The molecule has 0 spiro atoms. The van der Waals surface area contributed by atoms with Crippen LogP contribution in [0.1, 0.15) is 52.9 Å². The highest BCUT2D eigenvalue weighted by Gasteiger charge is 2.50. The number of guanidine groups is 1. The molecule has 0 radical (unpaired) electrons. The van der Waals surface area contributed by atoms with Gasteiger partial charge in [-0.05, 0) is 59.8 Å². The maximum absolute atomic E-state index is 13.4. The molecule has 3 N–H and O–H groups in total. The van der Waals surface area contributed by atoms with Crippen molar-refractivity contribution in [1.29, 1.82) is 0 Å². The van der Waals surface area contributed by atoms with Gasteiger partial charge in [-0.1, -0.05) is 6.07 Å². The molecule has 0 unspecified atom stereocenters. The Kier molecular flexibility index (Phi) is 4.35. The number of anilines is 1. The summed E-state index contributed by atoms with van der Waals surface area (Å²) in [6.45, 7) is 2.59. The quantitative estimate of drug-likeness (QED) is 0.705. The average Bonchev–Trinajstić information content (AvgIpc) is 3.38. The lowest BCUT2D eigenvalue weighted by atomic mass is 10.1. The first-order chi connectivity index (χ1) is 14.4. The second-order valence-corrected chi connectivity index (χ2v) is 8.61. The summed E-state index contributed by atoms with van der Waals surface area (Å²) >= 11 is 3.31. The summed E-state index contributed by atoms with van der Waals surface area (Å²) in [6, 6.07) is 5.32. The van der Waals surface area contributed by atoms with Crippen molar-refractivity contribution in [3.63, 3.8) is 0 Å². The Morgan fingerprint density at radius 2 is 2.17 bits per heavy atom. The number of aromatic nitrogens is 2. The number of phenols is 1. The van der Waals surface area contributed by atoms with E-state index in [1.807, 2.05) is 11.8 Å². The van der Waals surface area contributed by atoms with Crippen LogP contribution in [0.25, 0.3) is 0 Å². The zero-order valence-electron chi connectivity index (χ0n) is 16.4. The minimum Gasteiger partial charge on any atom is -0.507 e. The highest BCUT2D eigenvalue weighted by atomic mass is 79.9. The number of rotatable bonds is 4. The monoisotopic (exact) mass is 472 g/mol. The fourth-order valence-electron chi connectivity index (χ4n) is 4.68. The van der Waals surface area contributed by atoms with Crippen molar-refractivity contribution < 1.29 is 14.7 Å². The van der Waals surface area contributed by atoms with Gasteiger partial charge in [-0.15, -0.1) is 0 Å². The summed E-state index contributed by atoms with van der Waals surface area (Å²) in [5.74, 6) is 0.303. The number of primary amides is 1. The van der Waals surface area contributed by atoms with Crippen molar-refractivity contribution in [3.05, 3.63) is 39.8 Å².